The zero-order valence-corrected chi connectivity index (χ0v) is 13.7. The molecule has 0 heterocycles. The molecule has 1 rings (SSSR count). The van der Waals surface area contributed by atoms with E-state index in [0.717, 1.165) is 31.6 Å². The van der Waals surface area contributed by atoms with E-state index in [9.17, 15) is 4.79 Å². The Morgan fingerprint density at radius 2 is 1.95 bits per heavy atom. The first-order chi connectivity index (χ1) is 9.66. The maximum atomic E-state index is 12.0. The number of nitrogens with one attached hydrogen (secondary N) is 1. The van der Waals surface area contributed by atoms with Gasteiger partial charge in [0.1, 0.15) is 0 Å². The third kappa shape index (κ3) is 7.46. The first kappa shape index (κ1) is 19.9. The van der Waals surface area contributed by atoms with Gasteiger partial charge in [-0.3, -0.25) is 4.79 Å². The van der Waals surface area contributed by atoms with Gasteiger partial charge in [0, 0.05) is 25.8 Å². The fraction of sp³-hybridized carbons (Fsp3) is 0.562. The standard InChI is InChI=1S/C16H26N2O2.ClH/c1-3-20-12-8-7-11-18-16(19)13(2)15(17)14-9-5-4-6-10-14;/h4-6,9-10,13,15H,3,7-8,11-12,17H2,1-2H3,(H,18,19);1H. The van der Waals surface area contributed by atoms with Crippen molar-refractivity contribution in [3.8, 4) is 0 Å². The van der Waals surface area contributed by atoms with E-state index in [1.807, 2.05) is 44.2 Å². The zero-order chi connectivity index (χ0) is 14.8. The summed E-state index contributed by atoms with van der Waals surface area (Å²) < 4.78 is 5.25. The summed E-state index contributed by atoms with van der Waals surface area (Å²) >= 11 is 0. The van der Waals surface area contributed by atoms with Gasteiger partial charge in [0.2, 0.25) is 5.91 Å². The topological polar surface area (TPSA) is 64.3 Å². The van der Waals surface area contributed by atoms with Gasteiger partial charge in [0.25, 0.3) is 0 Å². The maximum Gasteiger partial charge on any atom is 0.224 e. The lowest BCUT2D eigenvalue weighted by Gasteiger charge is -2.19. The van der Waals surface area contributed by atoms with Gasteiger partial charge < -0.3 is 15.8 Å². The van der Waals surface area contributed by atoms with Crippen LogP contribution in [0.25, 0.3) is 0 Å². The van der Waals surface area contributed by atoms with Crippen molar-refractivity contribution in [3.05, 3.63) is 35.9 Å². The van der Waals surface area contributed by atoms with Gasteiger partial charge in [-0.25, -0.2) is 0 Å². The number of hydrogen-bond donors (Lipinski definition) is 2. The van der Waals surface area contributed by atoms with Gasteiger partial charge in [0.05, 0.1) is 5.92 Å². The Labute approximate surface area is 133 Å². The Hall–Kier alpha value is -1.10. The first-order valence-electron chi connectivity index (χ1n) is 7.32. The molecule has 1 amide bonds. The van der Waals surface area contributed by atoms with Crippen molar-refractivity contribution in [1.29, 1.82) is 0 Å². The molecule has 120 valence electrons. The van der Waals surface area contributed by atoms with Crippen LogP contribution in [0.1, 0.15) is 38.3 Å². The second-order valence-electron chi connectivity index (χ2n) is 4.92. The molecule has 2 unspecified atom stereocenters. The van der Waals surface area contributed by atoms with Crippen molar-refractivity contribution < 1.29 is 9.53 Å². The van der Waals surface area contributed by atoms with Crippen LogP contribution in [-0.4, -0.2) is 25.7 Å². The minimum absolute atomic E-state index is 0. The quantitative estimate of drug-likeness (QED) is 0.689. The molecule has 2 atom stereocenters. The molecule has 0 bridgehead atoms. The molecule has 0 radical (unpaired) electrons. The van der Waals surface area contributed by atoms with Crippen LogP contribution in [0, 0.1) is 5.92 Å². The number of hydrogen-bond acceptors (Lipinski definition) is 3. The lowest BCUT2D eigenvalue weighted by atomic mass is 9.94. The normalized spacial score (nSPS) is 13.1. The number of carbonyl (C=O) groups excluding carboxylic acids is 1. The van der Waals surface area contributed by atoms with E-state index in [-0.39, 0.29) is 30.3 Å². The number of benzene rings is 1. The highest BCUT2D eigenvalue weighted by Gasteiger charge is 2.21. The average molecular weight is 315 g/mol. The molecule has 0 fully saturated rings. The average Bonchev–Trinajstić information content (AvgIpc) is 2.50. The Balaban J connectivity index is 0.00000400. The summed E-state index contributed by atoms with van der Waals surface area (Å²) in [6, 6.07) is 9.47. The number of ether oxygens (including phenoxy) is 1. The summed E-state index contributed by atoms with van der Waals surface area (Å²) in [6.45, 7) is 6.03. The van der Waals surface area contributed by atoms with Crippen LogP contribution in [0.5, 0.6) is 0 Å². The second kappa shape index (κ2) is 11.5. The molecule has 0 saturated heterocycles. The molecule has 3 N–H and O–H groups in total. The number of nitrogens with two attached hydrogens (primary N) is 1. The number of rotatable bonds is 9. The highest BCUT2D eigenvalue weighted by Crippen LogP contribution is 2.18. The van der Waals surface area contributed by atoms with Crippen molar-refractivity contribution in [1.82, 2.24) is 5.32 Å². The molecule has 0 spiro atoms. The number of halogens is 1. The van der Waals surface area contributed by atoms with Crippen molar-refractivity contribution >= 4 is 18.3 Å². The minimum atomic E-state index is -0.264. The molecule has 0 saturated carbocycles. The van der Waals surface area contributed by atoms with E-state index in [4.69, 9.17) is 10.5 Å². The third-order valence-corrected chi connectivity index (χ3v) is 3.36. The summed E-state index contributed by atoms with van der Waals surface area (Å²) in [7, 11) is 0. The van der Waals surface area contributed by atoms with Crippen LogP contribution < -0.4 is 11.1 Å². The summed E-state index contributed by atoms with van der Waals surface area (Å²) in [5.41, 5.74) is 7.12. The Morgan fingerprint density at radius 1 is 1.29 bits per heavy atom. The highest BCUT2D eigenvalue weighted by atomic mass is 35.5. The Kier molecular flexibility index (Phi) is 10.9. The molecule has 5 heteroatoms. The molecule has 0 aliphatic rings. The number of amides is 1. The van der Waals surface area contributed by atoms with Crippen LogP contribution in [0.3, 0.4) is 0 Å². The Morgan fingerprint density at radius 3 is 2.57 bits per heavy atom. The zero-order valence-electron chi connectivity index (χ0n) is 12.9. The van der Waals surface area contributed by atoms with E-state index in [0.29, 0.717) is 6.54 Å². The van der Waals surface area contributed by atoms with Gasteiger partial charge in [-0.15, -0.1) is 12.4 Å². The van der Waals surface area contributed by atoms with Crippen molar-refractivity contribution in [2.45, 2.75) is 32.7 Å². The fourth-order valence-corrected chi connectivity index (χ4v) is 1.97. The molecule has 1 aromatic rings. The maximum absolute atomic E-state index is 12.0. The van der Waals surface area contributed by atoms with Gasteiger partial charge in [-0.05, 0) is 25.3 Å². The molecular weight excluding hydrogens is 288 g/mol. The van der Waals surface area contributed by atoms with E-state index in [1.54, 1.807) is 0 Å². The second-order valence-corrected chi connectivity index (χ2v) is 4.92. The molecule has 0 aliphatic carbocycles. The SMILES string of the molecule is CCOCCCCNC(=O)C(C)C(N)c1ccccc1.Cl. The predicted molar refractivity (Wildman–Crippen MR) is 88.5 cm³/mol. The van der Waals surface area contributed by atoms with E-state index < -0.39 is 0 Å². The summed E-state index contributed by atoms with van der Waals surface area (Å²) in [5, 5.41) is 2.94. The third-order valence-electron chi connectivity index (χ3n) is 3.36. The van der Waals surface area contributed by atoms with Crippen LogP contribution >= 0.6 is 12.4 Å². The van der Waals surface area contributed by atoms with Gasteiger partial charge >= 0.3 is 0 Å². The van der Waals surface area contributed by atoms with Crippen LogP contribution in [0.2, 0.25) is 0 Å². The fourth-order valence-electron chi connectivity index (χ4n) is 1.97. The van der Waals surface area contributed by atoms with Crippen LogP contribution in [-0.2, 0) is 9.53 Å². The number of unbranched alkanes of at least 4 members (excludes halogenated alkanes) is 1. The predicted octanol–water partition coefficient (Wildman–Crippen LogP) is 2.68. The molecular formula is C16H27ClN2O2. The summed E-state index contributed by atoms with van der Waals surface area (Å²) in [4.78, 5) is 12.0. The van der Waals surface area contributed by atoms with Crippen LogP contribution in [0.4, 0.5) is 0 Å². The molecule has 1 aromatic carbocycles. The smallest absolute Gasteiger partial charge is 0.224 e. The summed E-state index contributed by atoms with van der Waals surface area (Å²) in [6.07, 6.45) is 1.90. The molecule has 0 aliphatic heterocycles. The Bertz CT molecular complexity index is 387. The lowest BCUT2D eigenvalue weighted by molar-refractivity contribution is -0.125. The van der Waals surface area contributed by atoms with E-state index >= 15 is 0 Å². The molecule has 4 nitrogen and oxygen atoms in total. The van der Waals surface area contributed by atoms with E-state index in [1.165, 1.54) is 0 Å². The number of carbonyl (C=O) groups is 1. The van der Waals surface area contributed by atoms with Crippen molar-refractivity contribution in [3.63, 3.8) is 0 Å². The van der Waals surface area contributed by atoms with Gasteiger partial charge in [-0.1, -0.05) is 37.3 Å². The molecule has 21 heavy (non-hydrogen) atoms. The molecule has 0 aromatic heterocycles. The van der Waals surface area contributed by atoms with Crippen molar-refractivity contribution in [2.75, 3.05) is 19.8 Å². The van der Waals surface area contributed by atoms with Crippen LogP contribution in [0.15, 0.2) is 30.3 Å². The minimum Gasteiger partial charge on any atom is -0.382 e. The largest absolute Gasteiger partial charge is 0.382 e. The first-order valence-corrected chi connectivity index (χ1v) is 7.32. The highest BCUT2D eigenvalue weighted by molar-refractivity contribution is 5.85. The lowest BCUT2D eigenvalue weighted by Crippen LogP contribution is -2.36. The van der Waals surface area contributed by atoms with Crippen molar-refractivity contribution in [2.24, 2.45) is 11.7 Å². The van der Waals surface area contributed by atoms with Gasteiger partial charge in [-0.2, -0.15) is 0 Å². The van der Waals surface area contributed by atoms with Gasteiger partial charge in [0.15, 0.2) is 0 Å². The van der Waals surface area contributed by atoms with E-state index in [2.05, 4.69) is 5.32 Å². The monoisotopic (exact) mass is 314 g/mol. The summed E-state index contributed by atoms with van der Waals surface area (Å²) in [5.74, 6) is -0.220.